The van der Waals surface area contributed by atoms with Crippen LogP contribution in [0.15, 0.2) is 78.9 Å². The minimum atomic E-state index is -0.743. The lowest BCUT2D eigenvalue weighted by atomic mass is 10.0. The van der Waals surface area contributed by atoms with E-state index in [9.17, 15) is 14.0 Å². The van der Waals surface area contributed by atoms with Crippen LogP contribution < -0.4 is 5.32 Å². The second-order valence-corrected chi connectivity index (χ2v) is 7.95. The van der Waals surface area contributed by atoms with Crippen LogP contribution in [0.5, 0.6) is 0 Å². The number of hydrogen-bond acceptors (Lipinski definition) is 2. The zero-order chi connectivity index (χ0) is 22.9. The number of amides is 2. The van der Waals surface area contributed by atoms with Crippen LogP contribution in [0.25, 0.3) is 0 Å². The summed E-state index contributed by atoms with van der Waals surface area (Å²) in [4.78, 5) is 28.0. The Morgan fingerprint density at radius 1 is 0.938 bits per heavy atom. The topological polar surface area (TPSA) is 49.4 Å². The zero-order valence-electron chi connectivity index (χ0n) is 17.9. The van der Waals surface area contributed by atoms with E-state index in [1.165, 1.54) is 11.0 Å². The van der Waals surface area contributed by atoms with Gasteiger partial charge in [0.05, 0.1) is 6.42 Å². The molecule has 0 spiro atoms. The van der Waals surface area contributed by atoms with Crippen molar-refractivity contribution >= 4 is 23.4 Å². The van der Waals surface area contributed by atoms with Crippen LogP contribution in [0.2, 0.25) is 5.02 Å². The molecule has 0 bridgehead atoms. The van der Waals surface area contributed by atoms with E-state index in [1.54, 1.807) is 30.3 Å². The fourth-order valence-corrected chi connectivity index (χ4v) is 3.66. The van der Waals surface area contributed by atoms with Gasteiger partial charge in [0.2, 0.25) is 11.8 Å². The highest BCUT2D eigenvalue weighted by Crippen LogP contribution is 2.19. The first-order valence-electron chi connectivity index (χ1n) is 10.6. The monoisotopic (exact) mass is 452 g/mol. The fraction of sp³-hybridized carbons (Fsp3) is 0.231. The summed E-state index contributed by atoms with van der Waals surface area (Å²) in [7, 11) is 0. The average molecular weight is 453 g/mol. The molecule has 1 atom stereocenters. The minimum absolute atomic E-state index is 0.134. The molecular formula is C26H26ClFN2O2. The van der Waals surface area contributed by atoms with Gasteiger partial charge in [0, 0.05) is 24.5 Å². The molecule has 0 aliphatic carbocycles. The van der Waals surface area contributed by atoms with E-state index in [-0.39, 0.29) is 24.8 Å². The second kappa shape index (κ2) is 11.4. The van der Waals surface area contributed by atoms with Crippen LogP contribution in [0.4, 0.5) is 4.39 Å². The van der Waals surface area contributed by atoms with Crippen molar-refractivity contribution in [3.05, 3.63) is 106 Å². The average Bonchev–Trinajstić information content (AvgIpc) is 2.79. The van der Waals surface area contributed by atoms with Crippen LogP contribution in [-0.4, -0.2) is 29.3 Å². The van der Waals surface area contributed by atoms with Crippen molar-refractivity contribution in [1.82, 2.24) is 10.2 Å². The maximum absolute atomic E-state index is 14.2. The van der Waals surface area contributed by atoms with Gasteiger partial charge in [0.25, 0.3) is 0 Å². The van der Waals surface area contributed by atoms with Crippen molar-refractivity contribution < 1.29 is 14.0 Å². The minimum Gasteiger partial charge on any atom is -0.355 e. The van der Waals surface area contributed by atoms with Gasteiger partial charge in [-0.25, -0.2) is 4.39 Å². The highest BCUT2D eigenvalue weighted by Gasteiger charge is 2.30. The van der Waals surface area contributed by atoms with Gasteiger partial charge in [0.15, 0.2) is 0 Å². The molecule has 0 aromatic heterocycles. The SMILES string of the molecule is CCNC(=O)[C@H](Cc1ccccc1)N(Cc1ccc(Cl)cc1)C(=O)Cc1ccccc1F. The molecule has 3 aromatic rings. The summed E-state index contributed by atoms with van der Waals surface area (Å²) in [6, 6.07) is 22.1. The molecule has 166 valence electrons. The molecule has 0 aliphatic heterocycles. The molecule has 1 N–H and O–H groups in total. The summed E-state index contributed by atoms with van der Waals surface area (Å²) in [6.45, 7) is 2.49. The van der Waals surface area contributed by atoms with Crippen LogP contribution in [-0.2, 0) is 29.0 Å². The van der Waals surface area contributed by atoms with E-state index >= 15 is 0 Å². The molecule has 4 nitrogen and oxygen atoms in total. The first-order valence-corrected chi connectivity index (χ1v) is 10.9. The van der Waals surface area contributed by atoms with Crippen LogP contribution in [0, 0.1) is 5.82 Å². The fourth-order valence-electron chi connectivity index (χ4n) is 3.54. The third kappa shape index (κ3) is 6.41. The molecule has 3 rings (SSSR count). The number of carbonyl (C=O) groups is 2. The third-order valence-corrected chi connectivity index (χ3v) is 5.44. The van der Waals surface area contributed by atoms with Gasteiger partial charge in [-0.3, -0.25) is 9.59 Å². The van der Waals surface area contributed by atoms with Crippen molar-refractivity contribution in [1.29, 1.82) is 0 Å². The Morgan fingerprint density at radius 2 is 1.59 bits per heavy atom. The van der Waals surface area contributed by atoms with Gasteiger partial charge in [-0.2, -0.15) is 0 Å². The molecule has 0 heterocycles. The molecule has 3 aromatic carbocycles. The second-order valence-electron chi connectivity index (χ2n) is 7.52. The first-order chi connectivity index (χ1) is 15.5. The smallest absolute Gasteiger partial charge is 0.243 e. The molecular weight excluding hydrogens is 427 g/mol. The van der Waals surface area contributed by atoms with E-state index in [2.05, 4.69) is 5.32 Å². The van der Waals surface area contributed by atoms with Gasteiger partial charge in [-0.1, -0.05) is 72.3 Å². The number of halogens is 2. The van der Waals surface area contributed by atoms with Gasteiger partial charge >= 0.3 is 0 Å². The summed E-state index contributed by atoms with van der Waals surface area (Å²) in [5, 5.41) is 3.43. The van der Waals surface area contributed by atoms with Crippen LogP contribution >= 0.6 is 11.6 Å². The molecule has 6 heteroatoms. The van der Waals surface area contributed by atoms with Crippen molar-refractivity contribution in [2.75, 3.05) is 6.54 Å². The maximum Gasteiger partial charge on any atom is 0.243 e. The normalized spacial score (nSPS) is 11.6. The molecule has 2 amide bonds. The standard InChI is InChI=1S/C26H26ClFN2O2/c1-2-29-26(32)24(16-19-8-4-3-5-9-19)30(18-20-12-14-22(27)15-13-20)25(31)17-21-10-6-7-11-23(21)28/h3-15,24H,2,16-18H2,1H3,(H,29,32)/t24-/m0/s1. The summed E-state index contributed by atoms with van der Waals surface area (Å²) in [5.74, 6) is -1.01. The largest absolute Gasteiger partial charge is 0.355 e. The molecule has 0 aliphatic rings. The highest BCUT2D eigenvalue weighted by atomic mass is 35.5. The van der Waals surface area contributed by atoms with Gasteiger partial charge in [-0.05, 0) is 41.8 Å². The predicted octanol–water partition coefficient (Wildman–Crippen LogP) is 4.80. The number of rotatable bonds is 9. The summed E-state index contributed by atoms with van der Waals surface area (Å²) in [6.07, 6.45) is 0.217. The number of likely N-dealkylation sites (N-methyl/N-ethyl adjacent to an activating group) is 1. The Bertz CT molecular complexity index is 1040. The van der Waals surface area contributed by atoms with Gasteiger partial charge in [-0.15, -0.1) is 0 Å². The third-order valence-electron chi connectivity index (χ3n) is 5.19. The number of nitrogens with one attached hydrogen (secondary N) is 1. The van der Waals surface area contributed by atoms with E-state index in [0.717, 1.165) is 11.1 Å². The van der Waals surface area contributed by atoms with Gasteiger partial charge in [0.1, 0.15) is 11.9 Å². The van der Waals surface area contributed by atoms with Crippen LogP contribution in [0.1, 0.15) is 23.6 Å². The molecule has 0 fully saturated rings. The molecule has 0 saturated carbocycles. The summed E-state index contributed by atoms with van der Waals surface area (Å²) < 4.78 is 14.2. The molecule has 0 radical (unpaired) electrons. The Balaban J connectivity index is 1.95. The summed E-state index contributed by atoms with van der Waals surface area (Å²) >= 11 is 6.01. The Morgan fingerprint density at radius 3 is 2.25 bits per heavy atom. The van der Waals surface area contributed by atoms with Crippen molar-refractivity contribution in [3.8, 4) is 0 Å². The first kappa shape index (κ1) is 23.5. The predicted molar refractivity (Wildman–Crippen MR) is 125 cm³/mol. The highest BCUT2D eigenvalue weighted by molar-refractivity contribution is 6.30. The van der Waals surface area contributed by atoms with Crippen molar-refractivity contribution in [2.45, 2.75) is 32.4 Å². The lowest BCUT2D eigenvalue weighted by Gasteiger charge is -2.31. The number of nitrogens with zero attached hydrogens (tertiary/aromatic N) is 1. The Hall–Kier alpha value is -3.18. The molecule has 32 heavy (non-hydrogen) atoms. The molecule has 0 saturated heterocycles. The van der Waals surface area contributed by atoms with E-state index in [4.69, 9.17) is 11.6 Å². The van der Waals surface area contributed by atoms with Crippen molar-refractivity contribution in [3.63, 3.8) is 0 Å². The zero-order valence-corrected chi connectivity index (χ0v) is 18.7. The summed E-state index contributed by atoms with van der Waals surface area (Å²) in [5.41, 5.74) is 2.06. The van der Waals surface area contributed by atoms with Crippen LogP contribution in [0.3, 0.4) is 0 Å². The molecule has 0 unspecified atom stereocenters. The Kier molecular flexibility index (Phi) is 8.40. The van der Waals surface area contributed by atoms with Gasteiger partial charge < -0.3 is 10.2 Å². The quantitative estimate of drug-likeness (QED) is 0.507. The number of hydrogen-bond donors (Lipinski definition) is 1. The number of benzene rings is 3. The van der Waals surface area contributed by atoms with E-state index in [1.807, 2.05) is 49.4 Å². The van der Waals surface area contributed by atoms with Crippen molar-refractivity contribution in [2.24, 2.45) is 0 Å². The maximum atomic E-state index is 14.2. The lowest BCUT2D eigenvalue weighted by Crippen LogP contribution is -2.51. The van der Waals surface area contributed by atoms with E-state index < -0.39 is 11.9 Å². The Labute approximate surface area is 193 Å². The lowest BCUT2D eigenvalue weighted by molar-refractivity contribution is -0.140. The van der Waals surface area contributed by atoms with E-state index in [0.29, 0.717) is 23.6 Å². The number of carbonyl (C=O) groups excluding carboxylic acids is 2.